The van der Waals surface area contributed by atoms with Gasteiger partial charge in [0, 0.05) is 0 Å². The van der Waals surface area contributed by atoms with Crippen molar-refractivity contribution in [1.29, 1.82) is 0 Å². The molecular weight excluding hydrogens is 281 g/mol. The van der Waals surface area contributed by atoms with Gasteiger partial charge in [0.25, 0.3) is 0 Å². The zero-order chi connectivity index (χ0) is 15.5. The van der Waals surface area contributed by atoms with Crippen molar-refractivity contribution in [2.24, 2.45) is 0 Å². The number of alkyl halides is 3. The quantitative estimate of drug-likeness (QED) is 0.741. The maximum absolute atomic E-state index is 12.4. The molecule has 0 spiro atoms. The van der Waals surface area contributed by atoms with E-state index in [2.05, 4.69) is 4.74 Å². The standard InChI is InChI=1S/C16H15F3O2/c1-11(2)12-6-5-7-13(10-12)20-14-8-3-4-9-15(14)21-16(17,18)19/h3-11H,1-2H3. The van der Waals surface area contributed by atoms with E-state index in [-0.39, 0.29) is 11.5 Å². The average Bonchev–Trinajstić information content (AvgIpc) is 2.40. The summed E-state index contributed by atoms with van der Waals surface area (Å²) in [5, 5.41) is 0. The summed E-state index contributed by atoms with van der Waals surface area (Å²) in [6.07, 6.45) is -4.75. The van der Waals surface area contributed by atoms with Gasteiger partial charge in [-0.05, 0) is 35.7 Å². The van der Waals surface area contributed by atoms with Crippen LogP contribution in [0, 0.1) is 0 Å². The van der Waals surface area contributed by atoms with Crippen LogP contribution >= 0.6 is 0 Å². The topological polar surface area (TPSA) is 18.5 Å². The highest BCUT2D eigenvalue weighted by Crippen LogP contribution is 2.35. The van der Waals surface area contributed by atoms with E-state index in [1.54, 1.807) is 24.3 Å². The van der Waals surface area contributed by atoms with Crippen molar-refractivity contribution in [3.63, 3.8) is 0 Å². The summed E-state index contributed by atoms with van der Waals surface area (Å²) in [4.78, 5) is 0. The van der Waals surface area contributed by atoms with Gasteiger partial charge in [-0.15, -0.1) is 13.2 Å². The minimum absolute atomic E-state index is 0.0238. The van der Waals surface area contributed by atoms with Gasteiger partial charge in [-0.1, -0.05) is 38.1 Å². The van der Waals surface area contributed by atoms with Crippen molar-refractivity contribution in [3.05, 3.63) is 54.1 Å². The lowest BCUT2D eigenvalue weighted by Gasteiger charge is -2.14. The highest BCUT2D eigenvalue weighted by atomic mass is 19.4. The molecule has 2 nitrogen and oxygen atoms in total. The fourth-order valence-electron chi connectivity index (χ4n) is 1.81. The third-order valence-corrected chi connectivity index (χ3v) is 2.83. The second kappa shape index (κ2) is 6.08. The molecule has 5 heteroatoms. The van der Waals surface area contributed by atoms with Crippen molar-refractivity contribution in [2.45, 2.75) is 26.1 Å². The third-order valence-electron chi connectivity index (χ3n) is 2.83. The second-order valence-corrected chi connectivity index (χ2v) is 4.82. The van der Waals surface area contributed by atoms with Crippen LogP contribution in [0.5, 0.6) is 17.2 Å². The van der Waals surface area contributed by atoms with Gasteiger partial charge in [0.15, 0.2) is 11.5 Å². The molecule has 0 radical (unpaired) electrons. The minimum atomic E-state index is -4.75. The van der Waals surface area contributed by atoms with E-state index < -0.39 is 6.36 Å². The van der Waals surface area contributed by atoms with Crippen LogP contribution in [0.3, 0.4) is 0 Å². The summed E-state index contributed by atoms with van der Waals surface area (Å²) in [5.74, 6) is 0.435. The first kappa shape index (κ1) is 15.2. The fourth-order valence-corrected chi connectivity index (χ4v) is 1.81. The molecule has 21 heavy (non-hydrogen) atoms. The normalized spacial score (nSPS) is 11.5. The van der Waals surface area contributed by atoms with Crippen molar-refractivity contribution < 1.29 is 22.6 Å². The zero-order valence-corrected chi connectivity index (χ0v) is 11.6. The van der Waals surface area contributed by atoms with E-state index in [9.17, 15) is 13.2 Å². The molecule has 0 aromatic heterocycles. The average molecular weight is 296 g/mol. The van der Waals surface area contributed by atoms with E-state index in [4.69, 9.17) is 4.74 Å². The van der Waals surface area contributed by atoms with Crippen LogP contribution in [0.15, 0.2) is 48.5 Å². The van der Waals surface area contributed by atoms with E-state index in [0.717, 1.165) is 5.56 Å². The van der Waals surface area contributed by atoms with Gasteiger partial charge in [0.1, 0.15) is 5.75 Å². The molecule has 0 saturated heterocycles. The van der Waals surface area contributed by atoms with Gasteiger partial charge in [-0.25, -0.2) is 0 Å². The second-order valence-electron chi connectivity index (χ2n) is 4.82. The molecule has 2 aromatic rings. The Morgan fingerprint density at radius 1 is 0.905 bits per heavy atom. The Balaban J connectivity index is 2.25. The summed E-state index contributed by atoms with van der Waals surface area (Å²) in [6, 6.07) is 12.9. The monoisotopic (exact) mass is 296 g/mol. The fraction of sp³-hybridized carbons (Fsp3) is 0.250. The van der Waals surface area contributed by atoms with Crippen LogP contribution in [0.1, 0.15) is 25.3 Å². The summed E-state index contributed by atoms with van der Waals surface area (Å²) in [6.45, 7) is 4.06. The first-order valence-corrected chi connectivity index (χ1v) is 6.48. The minimum Gasteiger partial charge on any atom is -0.453 e. The first-order valence-electron chi connectivity index (χ1n) is 6.48. The van der Waals surface area contributed by atoms with Gasteiger partial charge in [-0.3, -0.25) is 0 Å². The Morgan fingerprint density at radius 2 is 1.57 bits per heavy atom. The lowest BCUT2D eigenvalue weighted by Crippen LogP contribution is -2.17. The van der Waals surface area contributed by atoms with Gasteiger partial charge in [0.2, 0.25) is 0 Å². The van der Waals surface area contributed by atoms with Crippen LogP contribution in [-0.2, 0) is 0 Å². The van der Waals surface area contributed by atoms with E-state index in [1.165, 1.54) is 18.2 Å². The summed E-state index contributed by atoms with van der Waals surface area (Å²) < 4.78 is 46.5. The number of ether oxygens (including phenoxy) is 2. The van der Waals surface area contributed by atoms with Crippen LogP contribution in [0.25, 0.3) is 0 Å². The Labute approximate surface area is 121 Å². The molecule has 0 aliphatic heterocycles. The number of para-hydroxylation sites is 2. The molecule has 0 atom stereocenters. The Morgan fingerprint density at radius 3 is 2.19 bits per heavy atom. The van der Waals surface area contributed by atoms with Crippen LogP contribution < -0.4 is 9.47 Å². The molecule has 0 N–H and O–H groups in total. The summed E-state index contributed by atoms with van der Waals surface area (Å²) >= 11 is 0. The first-order chi connectivity index (χ1) is 9.85. The Kier molecular flexibility index (Phi) is 4.40. The van der Waals surface area contributed by atoms with Gasteiger partial charge < -0.3 is 9.47 Å². The molecule has 112 valence electrons. The lowest BCUT2D eigenvalue weighted by molar-refractivity contribution is -0.275. The maximum atomic E-state index is 12.4. The molecule has 2 rings (SSSR count). The number of benzene rings is 2. The Bertz CT molecular complexity index is 606. The smallest absolute Gasteiger partial charge is 0.453 e. The molecule has 0 aliphatic rings. The SMILES string of the molecule is CC(C)c1cccc(Oc2ccccc2OC(F)(F)F)c1. The van der Waals surface area contributed by atoms with E-state index in [0.29, 0.717) is 11.7 Å². The Hall–Kier alpha value is -2.17. The molecule has 0 unspecified atom stereocenters. The van der Waals surface area contributed by atoms with Gasteiger partial charge in [-0.2, -0.15) is 0 Å². The third kappa shape index (κ3) is 4.41. The molecule has 0 heterocycles. The van der Waals surface area contributed by atoms with Crippen molar-refractivity contribution >= 4 is 0 Å². The predicted octanol–water partition coefficient (Wildman–Crippen LogP) is 5.50. The maximum Gasteiger partial charge on any atom is 0.573 e. The molecule has 0 aliphatic carbocycles. The van der Waals surface area contributed by atoms with E-state index >= 15 is 0 Å². The highest BCUT2D eigenvalue weighted by molar-refractivity contribution is 5.43. The van der Waals surface area contributed by atoms with Crippen molar-refractivity contribution in [2.75, 3.05) is 0 Å². The predicted molar refractivity (Wildman–Crippen MR) is 73.7 cm³/mol. The largest absolute Gasteiger partial charge is 0.573 e. The molecule has 0 bridgehead atoms. The highest BCUT2D eigenvalue weighted by Gasteiger charge is 2.32. The number of rotatable bonds is 4. The number of hydrogen-bond donors (Lipinski definition) is 0. The lowest BCUT2D eigenvalue weighted by atomic mass is 10.0. The molecule has 2 aromatic carbocycles. The molecule has 0 fully saturated rings. The molecule has 0 amide bonds. The summed E-state index contributed by atoms with van der Waals surface area (Å²) in [5.41, 5.74) is 1.04. The van der Waals surface area contributed by atoms with Gasteiger partial charge >= 0.3 is 6.36 Å². The molecule has 0 saturated carbocycles. The summed E-state index contributed by atoms with van der Waals surface area (Å²) in [7, 11) is 0. The van der Waals surface area contributed by atoms with Crippen molar-refractivity contribution in [1.82, 2.24) is 0 Å². The van der Waals surface area contributed by atoms with E-state index in [1.807, 2.05) is 19.9 Å². The zero-order valence-electron chi connectivity index (χ0n) is 11.6. The number of hydrogen-bond acceptors (Lipinski definition) is 2. The van der Waals surface area contributed by atoms with Crippen LogP contribution in [0.2, 0.25) is 0 Å². The van der Waals surface area contributed by atoms with Gasteiger partial charge in [0.05, 0.1) is 0 Å². The molecular formula is C16H15F3O2. The number of halogens is 3. The van der Waals surface area contributed by atoms with Crippen LogP contribution in [-0.4, -0.2) is 6.36 Å². The van der Waals surface area contributed by atoms with Crippen LogP contribution in [0.4, 0.5) is 13.2 Å². The van der Waals surface area contributed by atoms with Crippen molar-refractivity contribution in [3.8, 4) is 17.2 Å².